The maximum Gasteiger partial charge on any atom is 0.248 e. The van der Waals surface area contributed by atoms with Crippen molar-refractivity contribution in [1.82, 2.24) is 4.98 Å². The van der Waals surface area contributed by atoms with Crippen LogP contribution in [0.25, 0.3) is 0 Å². The van der Waals surface area contributed by atoms with Crippen LogP contribution >= 0.6 is 0 Å². The zero-order chi connectivity index (χ0) is 9.14. The number of pyridine rings is 1. The van der Waals surface area contributed by atoms with Gasteiger partial charge in [-0.25, -0.2) is 0 Å². The van der Waals surface area contributed by atoms with Crippen LogP contribution in [0.2, 0.25) is 0 Å². The molecule has 1 rings (SSSR count). The lowest BCUT2D eigenvalue weighted by Gasteiger charge is -2.09. The minimum atomic E-state index is -0.471. The molecular formula is C9H13NO2. The second-order valence-corrected chi connectivity index (χ2v) is 2.86. The van der Waals surface area contributed by atoms with Gasteiger partial charge in [-0.2, -0.15) is 0 Å². The standard InChI is InChI=1S/C9H13NO2/c1-3-8(11)7-5-10-9(12)4-6(7)2/h4-5,8,11H,3H2,1-2H3,(H,10,12). The molecule has 66 valence electrons. The number of hydrogen-bond acceptors (Lipinski definition) is 2. The molecule has 0 aliphatic carbocycles. The fourth-order valence-corrected chi connectivity index (χ4v) is 1.16. The highest BCUT2D eigenvalue weighted by Crippen LogP contribution is 2.17. The van der Waals surface area contributed by atoms with Gasteiger partial charge in [-0.05, 0) is 24.5 Å². The van der Waals surface area contributed by atoms with E-state index in [0.717, 1.165) is 11.1 Å². The van der Waals surface area contributed by atoms with Crippen molar-refractivity contribution in [3.05, 3.63) is 33.7 Å². The van der Waals surface area contributed by atoms with E-state index in [-0.39, 0.29) is 5.56 Å². The molecule has 12 heavy (non-hydrogen) atoms. The zero-order valence-corrected chi connectivity index (χ0v) is 7.29. The van der Waals surface area contributed by atoms with Gasteiger partial charge in [0.2, 0.25) is 5.56 Å². The summed E-state index contributed by atoms with van der Waals surface area (Å²) < 4.78 is 0. The van der Waals surface area contributed by atoms with Gasteiger partial charge in [0.05, 0.1) is 6.10 Å². The topological polar surface area (TPSA) is 53.1 Å². The Labute approximate surface area is 71.1 Å². The lowest BCUT2D eigenvalue weighted by molar-refractivity contribution is 0.172. The molecule has 1 unspecified atom stereocenters. The summed E-state index contributed by atoms with van der Waals surface area (Å²) in [4.78, 5) is 13.4. The molecule has 0 aromatic carbocycles. The van der Waals surface area contributed by atoms with Crippen LogP contribution in [-0.2, 0) is 0 Å². The lowest BCUT2D eigenvalue weighted by atomic mass is 10.1. The van der Waals surface area contributed by atoms with E-state index in [1.165, 1.54) is 6.07 Å². The number of aliphatic hydroxyl groups is 1. The summed E-state index contributed by atoms with van der Waals surface area (Å²) in [6.45, 7) is 3.72. The molecule has 0 fully saturated rings. The molecule has 0 radical (unpaired) electrons. The first-order valence-electron chi connectivity index (χ1n) is 4.02. The summed E-state index contributed by atoms with van der Waals surface area (Å²) in [5, 5.41) is 9.48. The maximum absolute atomic E-state index is 10.8. The molecule has 0 amide bonds. The number of aliphatic hydroxyl groups excluding tert-OH is 1. The number of hydrogen-bond donors (Lipinski definition) is 2. The fourth-order valence-electron chi connectivity index (χ4n) is 1.16. The number of rotatable bonds is 2. The van der Waals surface area contributed by atoms with Crippen LogP contribution in [0.4, 0.5) is 0 Å². The van der Waals surface area contributed by atoms with E-state index in [0.29, 0.717) is 6.42 Å². The molecule has 0 aliphatic rings. The number of aryl methyl sites for hydroxylation is 1. The molecule has 1 aromatic heterocycles. The monoisotopic (exact) mass is 167 g/mol. The molecule has 0 spiro atoms. The number of nitrogens with one attached hydrogen (secondary N) is 1. The fraction of sp³-hybridized carbons (Fsp3) is 0.444. The number of aromatic amines is 1. The maximum atomic E-state index is 10.8. The van der Waals surface area contributed by atoms with Crippen LogP contribution < -0.4 is 5.56 Å². The summed E-state index contributed by atoms with van der Waals surface area (Å²) >= 11 is 0. The van der Waals surface area contributed by atoms with Crippen molar-refractivity contribution in [3.63, 3.8) is 0 Å². The molecule has 3 heteroatoms. The largest absolute Gasteiger partial charge is 0.388 e. The molecule has 0 saturated carbocycles. The van der Waals surface area contributed by atoms with Gasteiger partial charge in [0, 0.05) is 12.3 Å². The Balaban J connectivity index is 3.09. The molecule has 1 atom stereocenters. The van der Waals surface area contributed by atoms with Gasteiger partial charge in [-0.15, -0.1) is 0 Å². The minimum Gasteiger partial charge on any atom is -0.388 e. The van der Waals surface area contributed by atoms with E-state index in [9.17, 15) is 9.90 Å². The summed E-state index contributed by atoms with van der Waals surface area (Å²) in [6.07, 6.45) is 1.76. The smallest absolute Gasteiger partial charge is 0.248 e. The Hall–Kier alpha value is -1.09. The van der Waals surface area contributed by atoms with E-state index >= 15 is 0 Å². The van der Waals surface area contributed by atoms with Crippen LogP contribution in [-0.4, -0.2) is 10.1 Å². The quantitative estimate of drug-likeness (QED) is 0.693. The molecule has 0 aliphatic heterocycles. The van der Waals surface area contributed by atoms with Crippen molar-refractivity contribution in [3.8, 4) is 0 Å². The van der Waals surface area contributed by atoms with E-state index in [1.54, 1.807) is 6.20 Å². The second kappa shape index (κ2) is 3.54. The summed E-state index contributed by atoms with van der Waals surface area (Å²) in [5.74, 6) is 0. The first-order valence-corrected chi connectivity index (χ1v) is 4.02. The minimum absolute atomic E-state index is 0.125. The molecule has 2 N–H and O–H groups in total. The van der Waals surface area contributed by atoms with Crippen LogP contribution in [0.1, 0.15) is 30.6 Å². The molecule has 0 saturated heterocycles. The molecular weight excluding hydrogens is 154 g/mol. The van der Waals surface area contributed by atoms with Crippen molar-refractivity contribution in [1.29, 1.82) is 0 Å². The molecule has 1 heterocycles. The van der Waals surface area contributed by atoms with Crippen molar-refractivity contribution >= 4 is 0 Å². The normalized spacial score (nSPS) is 12.9. The van der Waals surface area contributed by atoms with Crippen LogP contribution in [0, 0.1) is 6.92 Å². The van der Waals surface area contributed by atoms with Gasteiger partial charge in [0.1, 0.15) is 0 Å². The average Bonchev–Trinajstić information content (AvgIpc) is 2.03. The van der Waals surface area contributed by atoms with Gasteiger partial charge in [0.25, 0.3) is 0 Å². The van der Waals surface area contributed by atoms with Crippen molar-refractivity contribution in [2.24, 2.45) is 0 Å². The summed E-state index contributed by atoms with van der Waals surface area (Å²) in [5.41, 5.74) is 1.52. The van der Waals surface area contributed by atoms with Crippen LogP contribution in [0.5, 0.6) is 0 Å². The first kappa shape index (κ1) is 9.00. The van der Waals surface area contributed by atoms with E-state index < -0.39 is 6.10 Å². The zero-order valence-electron chi connectivity index (χ0n) is 7.29. The highest BCUT2D eigenvalue weighted by atomic mass is 16.3. The van der Waals surface area contributed by atoms with Crippen LogP contribution in [0.3, 0.4) is 0 Å². The molecule has 1 aromatic rings. The van der Waals surface area contributed by atoms with Crippen molar-refractivity contribution < 1.29 is 5.11 Å². The lowest BCUT2D eigenvalue weighted by Crippen LogP contribution is -2.08. The third-order valence-corrected chi connectivity index (χ3v) is 1.92. The summed E-state index contributed by atoms with van der Waals surface area (Å²) in [6, 6.07) is 1.49. The molecule has 0 bridgehead atoms. The Kier molecular flexibility index (Phi) is 2.65. The average molecular weight is 167 g/mol. The van der Waals surface area contributed by atoms with Gasteiger partial charge in [0.15, 0.2) is 0 Å². The summed E-state index contributed by atoms with van der Waals surface area (Å²) in [7, 11) is 0. The van der Waals surface area contributed by atoms with Gasteiger partial charge in [-0.1, -0.05) is 6.92 Å². The van der Waals surface area contributed by atoms with Gasteiger partial charge < -0.3 is 10.1 Å². The third kappa shape index (κ3) is 1.74. The number of H-pyrrole nitrogens is 1. The Morgan fingerprint density at radius 1 is 1.67 bits per heavy atom. The van der Waals surface area contributed by atoms with E-state index in [4.69, 9.17) is 0 Å². The van der Waals surface area contributed by atoms with Gasteiger partial charge >= 0.3 is 0 Å². The van der Waals surface area contributed by atoms with Crippen molar-refractivity contribution in [2.45, 2.75) is 26.4 Å². The van der Waals surface area contributed by atoms with Gasteiger partial charge in [-0.3, -0.25) is 4.79 Å². The Morgan fingerprint density at radius 3 is 2.83 bits per heavy atom. The SMILES string of the molecule is CCC(O)c1c[nH]c(=O)cc1C. The number of aromatic nitrogens is 1. The highest BCUT2D eigenvalue weighted by Gasteiger charge is 2.07. The highest BCUT2D eigenvalue weighted by molar-refractivity contribution is 5.23. The third-order valence-electron chi connectivity index (χ3n) is 1.92. The Bertz CT molecular complexity index is 317. The first-order chi connectivity index (χ1) is 5.65. The molecule has 3 nitrogen and oxygen atoms in total. The second-order valence-electron chi connectivity index (χ2n) is 2.86. The van der Waals surface area contributed by atoms with Crippen LogP contribution in [0.15, 0.2) is 17.1 Å². The van der Waals surface area contributed by atoms with E-state index in [1.807, 2.05) is 13.8 Å². The predicted octanol–water partition coefficient (Wildman–Crippen LogP) is 1.13. The van der Waals surface area contributed by atoms with E-state index in [2.05, 4.69) is 4.98 Å². The predicted molar refractivity (Wildman–Crippen MR) is 47.1 cm³/mol. The Morgan fingerprint density at radius 2 is 2.33 bits per heavy atom. The van der Waals surface area contributed by atoms with Crippen molar-refractivity contribution in [2.75, 3.05) is 0 Å².